The number of carbonyl (C=O) groups is 2. The van der Waals surface area contributed by atoms with Crippen molar-refractivity contribution in [2.45, 2.75) is 46.0 Å². The summed E-state index contributed by atoms with van der Waals surface area (Å²) in [7, 11) is 1.63. The van der Waals surface area contributed by atoms with Crippen LogP contribution in [0.15, 0.2) is 94.9 Å². The smallest absolute Gasteiger partial charge is 0.335 e. The Morgan fingerprint density at radius 3 is 2.46 bits per heavy atom. The number of phenols is 1. The summed E-state index contributed by atoms with van der Waals surface area (Å²) >= 11 is 0. The van der Waals surface area contributed by atoms with Gasteiger partial charge in [0, 0.05) is 28.9 Å². The molecule has 3 aromatic rings. The van der Waals surface area contributed by atoms with Gasteiger partial charge in [-0.2, -0.15) is 5.10 Å². The van der Waals surface area contributed by atoms with Gasteiger partial charge in [0.25, 0.3) is 0 Å². The molecule has 212 valence electrons. The van der Waals surface area contributed by atoms with Gasteiger partial charge in [-0.25, -0.2) is 4.79 Å². The second-order valence-corrected chi connectivity index (χ2v) is 10.1. The van der Waals surface area contributed by atoms with Crippen molar-refractivity contribution in [3.63, 3.8) is 0 Å². The Labute approximate surface area is 240 Å². The molecule has 8 heteroatoms. The summed E-state index contributed by atoms with van der Waals surface area (Å²) in [6.07, 6.45) is 4.90. The first-order valence-electron chi connectivity index (χ1n) is 13.5. The summed E-state index contributed by atoms with van der Waals surface area (Å²) in [5.74, 6) is 0.0605. The van der Waals surface area contributed by atoms with Gasteiger partial charge in [-0.1, -0.05) is 50.2 Å². The predicted octanol–water partition coefficient (Wildman–Crippen LogP) is 7.30. The Morgan fingerprint density at radius 1 is 1.07 bits per heavy atom. The molecule has 1 amide bonds. The molecule has 0 aromatic heterocycles. The third kappa shape index (κ3) is 6.66. The molecule has 0 heterocycles. The number of rotatable bonds is 10. The van der Waals surface area contributed by atoms with Crippen LogP contribution in [0.25, 0.3) is 11.1 Å². The minimum atomic E-state index is -1.04. The number of carboxylic acid groups (broad SMARTS) is 1. The van der Waals surface area contributed by atoms with Crippen LogP contribution >= 0.6 is 0 Å². The predicted molar refractivity (Wildman–Crippen MR) is 162 cm³/mol. The summed E-state index contributed by atoms with van der Waals surface area (Å²) in [6.45, 7) is 6.09. The molecular weight excluding hydrogens is 518 g/mol. The van der Waals surface area contributed by atoms with Gasteiger partial charge in [-0.05, 0) is 73.2 Å². The largest absolute Gasteiger partial charge is 0.505 e. The highest BCUT2D eigenvalue weighted by Crippen LogP contribution is 2.36. The van der Waals surface area contributed by atoms with Crippen molar-refractivity contribution in [1.82, 2.24) is 0 Å². The zero-order valence-electron chi connectivity index (χ0n) is 23.7. The molecule has 0 radical (unpaired) electrons. The third-order valence-electron chi connectivity index (χ3n) is 7.14. The fraction of sp³-hybridized carbons (Fsp3) is 0.242. The van der Waals surface area contributed by atoms with Crippen LogP contribution in [-0.2, 0) is 9.53 Å². The van der Waals surface area contributed by atoms with Crippen molar-refractivity contribution in [3.8, 4) is 16.9 Å². The van der Waals surface area contributed by atoms with Gasteiger partial charge in [0.05, 0.1) is 29.8 Å². The zero-order valence-corrected chi connectivity index (χ0v) is 23.7. The van der Waals surface area contributed by atoms with Gasteiger partial charge in [-0.15, -0.1) is 0 Å². The number of carbonyl (C=O) groups excluding carboxylic acids is 1. The lowest BCUT2D eigenvalue weighted by molar-refractivity contribution is -0.107. The Morgan fingerprint density at radius 2 is 1.80 bits per heavy atom. The maximum Gasteiger partial charge on any atom is 0.335 e. The number of hydrogen-bond donors (Lipinski definition) is 3. The minimum Gasteiger partial charge on any atom is -0.505 e. The molecular formula is C33H35N3O5. The number of hydrazone groups is 1. The molecule has 1 aliphatic rings. The second-order valence-electron chi connectivity index (χ2n) is 10.1. The number of benzene rings is 3. The van der Waals surface area contributed by atoms with E-state index in [1.807, 2.05) is 37.3 Å². The van der Waals surface area contributed by atoms with Crippen molar-refractivity contribution in [2.24, 2.45) is 5.10 Å². The minimum absolute atomic E-state index is 0.0606. The number of hydrogen-bond acceptors (Lipinski definition) is 6. The number of para-hydroxylation sites is 1. The summed E-state index contributed by atoms with van der Waals surface area (Å²) in [5.41, 5.74) is 8.58. The Kier molecular flexibility index (Phi) is 9.24. The van der Waals surface area contributed by atoms with Gasteiger partial charge in [0.15, 0.2) is 0 Å². The number of anilines is 2. The van der Waals surface area contributed by atoms with Crippen LogP contribution in [0.2, 0.25) is 0 Å². The van der Waals surface area contributed by atoms with E-state index < -0.39 is 5.97 Å². The number of amides is 1. The molecule has 0 saturated carbocycles. The van der Waals surface area contributed by atoms with Crippen molar-refractivity contribution in [2.75, 3.05) is 17.4 Å². The van der Waals surface area contributed by atoms with Crippen LogP contribution in [0.4, 0.5) is 11.4 Å². The quantitative estimate of drug-likeness (QED) is 0.105. The fourth-order valence-corrected chi connectivity index (χ4v) is 4.80. The highest BCUT2D eigenvalue weighted by Gasteiger charge is 2.21. The van der Waals surface area contributed by atoms with Crippen molar-refractivity contribution in [1.29, 1.82) is 0 Å². The van der Waals surface area contributed by atoms with E-state index in [1.54, 1.807) is 42.3 Å². The van der Waals surface area contributed by atoms with E-state index in [4.69, 9.17) is 4.74 Å². The Bertz CT molecular complexity index is 1520. The van der Waals surface area contributed by atoms with Crippen LogP contribution < -0.4 is 10.3 Å². The molecule has 3 aromatic carbocycles. The first kappa shape index (κ1) is 29.1. The lowest BCUT2D eigenvalue weighted by Gasteiger charge is -2.24. The highest BCUT2D eigenvalue weighted by atomic mass is 16.5. The molecule has 1 aliphatic carbocycles. The number of allylic oxidation sites excluding steroid dienone is 4. The molecule has 0 aliphatic heterocycles. The lowest BCUT2D eigenvalue weighted by Crippen LogP contribution is -2.23. The summed E-state index contributed by atoms with van der Waals surface area (Å²) in [5, 5.41) is 25.0. The van der Waals surface area contributed by atoms with Gasteiger partial charge in [0.2, 0.25) is 6.41 Å². The molecule has 0 spiro atoms. The first-order valence-corrected chi connectivity index (χ1v) is 13.5. The number of phenolic OH excluding ortho intramolecular Hbond substituents is 1. The molecule has 3 N–H and O–H groups in total. The van der Waals surface area contributed by atoms with Gasteiger partial charge < -0.3 is 14.9 Å². The number of nitrogens with zero attached hydrogens (tertiary/aromatic N) is 2. The van der Waals surface area contributed by atoms with Gasteiger partial charge in [0.1, 0.15) is 5.75 Å². The molecule has 4 rings (SSSR count). The van der Waals surface area contributed by atoms with Crippen LogP contribution in [0.3, 0.4) is 0 Å². The number of aromatic hydroxyl groups is 1. The SMILES string of the molecule is COC1=CC(/C(C)=N/Nc2cccc(-c3cccc(C(=O)O)c3)c2O)=C(N(C=O)c2ccc(C(C)C)cc2)CCC1. The second kappa shape index (κ2) is 13.0. The van der Waals surface area contributed by atoms with E-state index in [9.17, 15) is 19.8 Å². The summed E-state index contributed by atoms with van der Waals surface area (Å²) in [4.78, 5) is 25.5. The maximum absolute atomic E-state index is 12.4. The van der Waals surface area contributed by atoms with Gasteiger partial charge >= 0.3 is 5.97 Å². The third-order valence-corrected chi connectivity index (χ3v) is 7.14. The average molecular weight is 554 g/mol. The molecule has 0 bridgehead atoms. The number of methoxy groups -OCH3 is 1. The van der Waals surface area contributed by atoms with Crippen LogP contribution in [0.1, 0.15) is 61.9 Å². The first-order chi connectivity index (χ1) is 19.7. The van der Waals surface area contributed by atoms with E-state index in [0.717, 1.165) is 42.0 Å². The Hall–Kier alpha value is -4.85. The van der Waals surface area contributed by atoms with Crippen LogP contribution in [0, 0.1) is 0 Å². The molecule has 0 unspecified atom stereocenters. The summed E-state index contributed by atoms with van der Waals surface area (Å²) < 4.78 is 5.60. The van der Waals surface area contributed by atoms with Crippen molar-refractivity contribution in [3.05, 3.63) is 101 Å². The average Bonchev–Trinajstić information content (AvgIpc) is 3.20. The number of nitrogens with one attached hydrogen (secondary N) is 1. The normalized spacial score (nSPS) is 13.9. The van der Waals surface area contributed by atoms with Gasteiger partial charge in [-0.3, -0.25) is 15.1 Å². The number of aromatic carboxylic acids is 1. The van der Waals surface area contributed by atoms with Crippen LogP contribution in [-0.4, -0.2) is 35.4 Å². The Balaban J connectivity index is 1.72. The standard InChI is InChI=1S/C33H35N3O5/c1-21(2)23-14-16-26(17-15-23)36(20-37)31-13-6-10-27(41-4)19-29(31)22(3)34-35-30-12-7-11-28(32(30)38)24-8-5-9-25(18-24)33(39)40/h5,7-9,11-12,14-21,35,38H,6,10,13H2,1-4H3,(H,39,40)/b34-22+. The van der Waals surface area contributed by atoms with E-state index in [1.165, 1.54) is 17.7 Å². The summed E-state index contributed by atoms with van der Waals surface area (Å²) in [6, 6.07) is 19.5. The van der Waals surface area contributed by atoms with E-state index in [0.29, 0.717) is 34.9 Å². The fourth-order valence-electron chi connectivity index (χ4n) is 4.80. The van der Waals surface area contributed by atoms with E-state index >= 15 is 0 Å². The van der Waals surface area contributed by atoms with E-state index in [2.05, 4.69) is 24.4 Å². The van der Waals surface area contributed by atoms with Crippen molar-refractivity contribution < 1.29 is 24.5 Å². The number of ether oxygens (including phenoxy) is 1. The topological polar surface area (TPSA) is 111 Å². The van der Waals surface area contributed by atoms with Crippen LogP contribution in [0.5, 0.6) is 5.75 Å². The number of carboxylic acids is 1. The molecule has 8 nitrogen and oxygen atoms in total. The molecule has 0 fully saturated rings. The lowest BCUT2D eigenvalue weighted by atomic mass is 10.0. The molecule has 0 saturated heterocycles. The molecule has 41 heavy (non-hydrogen) atoms. The van der Waals surface area contributed by atoms with E-state index in [-0.39, 0.29) is 11.3 Å². The highest BCUT2D eigenvalue weighted by molar-refractivity contribution is 6.03. The maximum atomic E-state index is 12.4. The monoisotopic (exact) mass is 553 g/mol. The molecule has 0 atom stereocenters. The van der Waals surface area contributed by atoms with Crippen molar-refractivity contribution >= 4 is 29.5 Å². The zero-order chi connectivity index (χ0) is 29.5.